The fourth-order valence-electron chi connectivity index (χ4n) is 2.28. The zero-order valence-corrected chi connectivity index (χ0v) is 9.38. The Balaban J connectivity index is 2.14. The predicted octanol–water partition coefficient (Wildman–Crippen LogP) is 3.46. The Labute approximate surface area is 86.7 Å². The smallest absolute Gasteiger partial charge is 0.309 e. The second kappa shape index (κ2) is 4.81. The molecule has 1 aliphatic rings. The number of hydrogen-bond acceptors (Lipinski definition) is 1. The van der Waals surface area contributed by atoms with E-state index in [9.17, 15) is 4.79 Å². The van der Waals surface area contributed by atoms with Crippen LogP contribution in [0.25, 0.3) is 0 Å². The van der Waals surface area contributed by atoms with Gasteiger partial charge in [0, 0.05) is 0 Å². The van der Waals surface area contributed by atoms with Gasteiger partial charge in [0.25, 0.3) is 0 Å². The highest BCUT2D eigenvalue weighted by atomic mass is 16.4. The Bertz CT molecular complexity index is 200. The molecule has 1 fully saturated rings. The van der Waals surface area contributed by atoms with Gasteiger partial charge in [-0.3, -0.25) is 4.79 Å². The first-order valence-electron chi connectivity index (χ1n) is 5.87. The molecule has 0 aromatic rings. The van der Waals surface area contributed by atoms with Crippen LogP contribution in [0.5, 0.6) is 0 Å². The summed E-state index contributed by atoms with van der Waals surface area (Å²) in [5.74, 6) is -0.160. The van der Waals surface area contributed by atoms with Crippen LogP contribution in [0.1, 0.15) is 58.8 Å². The molecule has 0 bridgehead atoms. The molecule has 14 heavy (non-hydrogen) atoms. The van der Waals surface area contributed by atoms with Gasteiger partial charge in [0.15, 0.2) is 0 Å². The molecule has 0 saturated heterocycles. The Morgan fingerprint density at radius 3 is 2.36 bits per heavy atom. The van der Waals surface area contributed by atoms with Crippen molar-refractivity contribution in [2.75, 3.05) is 0 Å². The van der Waals surface area contributed by atoms with E-state index in [4.69, 9.17) is 5.11 Å². The summed E-state index contributed by atoms with van der Waals surface area (Å²) < 4.78 is 0. The molecule has 0 aliphatic heterocycles. The van der Waals surface area contributed by atoms with Crippen LogP contribution in [0.3, 0.4) is 0 Å². The van der Waals surface area contributed by atoms with E-state index in [-0.39, 0.29) is 5.41 Å². The Morgan fingerprint density at radius 1 is 1.36 bits per heavy atom. The van der Waals surface area contributed by atoms with Gasteiger partial charge in [-0.25, -0.2) is 0 Å². The average Bonchev–Trinajstić information content (AvgIpc) is 2.78. The van der Waals surface area contributed by atoms with Gasteiger partial charge < -0.3 is 5.11 Å². The van der Waals surface area contributed by atoms with Gasteiger partial charge in [0.2, 0.25) is 0 Å². The third-order valence-electron chi connectivity index (χ3n) is 3.61. The highest BCUT2D eigenvalue weighted by Gasteiger charge is 2.56. The lowest BCUT2D eigenvalue weighted by molar-refractivity contribution is -0.144. The molecule has 2 unspecified atom stereocenters. The lowest BCUT2D eigenvalue weighted by Crippen LogP contribution is -2.16. The zero-order valence-electron chi connectivity index (χ0n) is 9.38. The Morgan fingerprint density at radius 2 is 1.93 bits per heavy atom. The fraction of sp³-hybridized carbons (Fsp3) is 0.917. The first-order chi connectivity index (χ1) is 6.63. The number of aliphatic carboxylic acids is 1. The van der Waals surface area contributed by atoms with Gasteiger partial charge in [-0.15, -0.1) is 0 Å². The molecule has 2 heteroatoms. The molecule has 1 saturated carbocycles. The van der Waals surface area contributed by atoms with Crippen molar-refractivity contribution in [3.8, 4) is 0 Å². The van der Waals surface area contributed by atoms with E-state index >= 15 is 0 Å². The lowest BCUT2D eigenvalue weighted by atomic mass is 9.95. The highest BCUT2D eigenvalue weighted by molar-refractivity contribution is 5.78. The van der Waals surface area contributed by atoms with Gasteiger partial charge >= 0.3 is 5.97 Å². The van der Waals surface area contributed by atoms with E-state index < -0.39 is 5.97 Å². The number of carboxylic acid groups (broad SMARTS) is 1. The van der Waals surface area contributed by atoms with Crippen LogP contribution in [0.15, 0.2) is 0 Å². The SMILES string of the molecule is CCCCCCCC1(C(=O)O)CC1C. The van der Waals surface area contributed by atoms with Crippen molar-refractivity contribution in [1.82, 2.24) is 0 Å². The van der Waals surface area contributed by atoms with Crippen molar-refractivity contribution in [2.24, 2.45) is 11.3 Å². The van der Waals surface area contributed by atoms with Crippen LogP contribution >= 0.6 is 0 Å². The molecule has 2 nitrogen and oxygen atoms in total. The number of carboxylic acids is 1. The molecule has 0 amide bonds. The van der Waals surface area contributed by atoms with Crippen molar-refractivity contribution in [1.29, 1.82) is 0 Å². The molecule has 0 spiro atoms. The number of rotatable bonds is 7. The summed E-state index contributed by atoms with van der Waals surface area (Å²) in [5, 5.41) is 9.08. The molecular weight excluding hydrogens is 176 g/mol. The number of carbonyl (C=O) groups is 1. The predicted molar refractivity (Wildman–Crippen MR) is 57.2 cm³/mol. The summed E-state index contributed by atoms with van der Waals surface area (Å²) in [6.45, 7) is 4.25. The van der Waals surface area contributed by atoms with E-state index in [1.165, 1.54) is 25.7 Å². The van der Waals surface area contributed by atoms with Crippen LogP contribution in [0, 0.1) is 11.3 Å². The van der Waals surface area contributed by atoms with E-state index in [1.54, 1.807) is 0 Å². The minimum absolute atomic E-state index is 0.327. The van der Waals surface area contributed by atoms with Crippen molar-refractivity contribution >= 4 is 5.97 Å². The average molecular weight is 198 g/mol. The summed E-state index contributed by atoms with van der Waals surface area (Å²) in [6.07, 6.45) is 7.90. The number of unbranched alkanes of at least 4 members (excludes halogenated alkanes) is 4. The van der Waals surface area contributed by atoms with Gasteiger partial charge in [-0.2, -0.15) is 0 Å². The zero-order chi connectivity index (χ0) is 10.6. The summed E-state index contributed by atoms with van der Waals surface area (Å²) in [7, 11) is 0. The van der Waals surface area contributed by atoms with Crippen LogP contribution in [-0.2, 0) is 4.79 Å². The standard InChI is InChI=1S/C12H22O2/c1-3-4-5-6-7-8-12(11(13)14)9-10(12)2/h10H,3-9H2,1-2H3,(H,13,14). The van der Waals surface area contributed by atoms with E-state index in [1.807, 2.05) is 0 Å². The molecule has 0 heterocycles. The van der Waals surface area contributed by atoms with Crippen molar-refractivity contribution < 1.29 is 9.90 Å². The maximum Gasteiger partial charge on any atom is 0.309 e. The molecule has 0 aromatic heterocycles. The largest absolute Gasteiger partial charge is 0.481 e. The Hall–Kier alpha value is -0.530. The topological polar surface area (TPSA) is 37.3 Å². The number of hydrogen-bond donors (Lipinski definition) is 1. The van der Waals surface area contributed by atoms with Crippen molar-refractivity contribution in [3.63, 3.8) is 0 Å². The normalized spacial score (nSPS) is 30.3. The minimum Gasteiger partial charge on any atom is -0.481 e. The van der Waals surface area contributed by atoms with E-state index in [0.717, 1.165) is 19.3 Å². The fourth-order valence-corrected chi connectivity index (χ4v) is 2.28. The molecule has 1 rings (SSSR count). The molecule has 1 aliphatic carbocycles. The first kappa shape index (κ1) is 11.5. The summed E-state index contributed by atoms with van der Waals surface area (Å²) in [6, 6.07) is 0. The summed E-state index contributed by atoms with van der Waals surface area (Å²) in [4.78, 5) is 11.0. The monoisotopic (exact) mass is 198 g/mol. The van der Waals surface area contributed by atoms with Gasteiger partial charge in [-0.05, 0) is 18.8 Å². The third kappa shape index (κ3) is 2.49. The van der Waals surface area contributed by atoms with Crippen LogP contribution in [0.4, 0.5) is 0 Å². The maximum absolute atomic E-state index is 11.0. The van der Waals surface area contributed by atoms with E-state index in [2.05, 4.69) is 13.8 Å². The molecule has 0 radical (unpaired) electrons. The highest BCUT2D eigenvalue weighted by Crippen LogP contribution is 2.55. The molecule has 1 N–H and O–H groups in total. The van der Waals surface area contributed by atoms with Crippen molar-refractivity contribution in [3.05, 3.63) is 0 Å². The third-order valence-corrected chi connectivity index (χ3v) is 3.61. The molecule has 0 aromatic carbocycles. The van der Waals surface area contributed by atoms with Gasteiger partial charge in [0.05, 0.1) is 5.41 Å². The quantitative estimate of drug-likeness (QED) is 0.636. The van der Waals surface area contributed by atoms with Crippen LogP contribution < -0.4 is 0 Å². The second-order valence-corrected chi connectivity index (χ2v) is 4.73. The Kier molecular flexibility index (Phi) is 3.97. The lowest BCUT2D eigenvalue weighted by Gasteiger charge is -2.10. The van der Waals surface area contributed by atoms with E-state index in [0.29, 0.717) is 5.92 Å². The maximum atomic E-state index is 11.0. The summed E-state index contributed by atoms with van der Waals surface area (Å²) >= 11 is 0. The minimum atomic E-state index is -0.569. The first-order valence-corrected chi connectivity index (χ1v) is 5.87. The molecular formula is C12H22O2. The van der Waals surface area contributed by atoms with Gasteiger partial charge in [-0.1, -0.05) is 46.0 Å². The molecule has 2 atom stereocenters. The van der Waals surface area contributed by atoms with Gasteiger partial charge in [0.1, 0.15) is 0 Å². The van der Waals surface area contributed by atoms with Crippen LogP contribution in [-0.4, -0.2) is 11.1 Å². The van der Waals surface area contributed by atoms with Crippen molar-refractivity contribution in [2.45, 2.75) is 58.8 Å². The second-order valence-electron chi connectivity index (χ2n) is 4.73. The summed E-state index contributed by atoms with van der Waals surface area (Å²) in [5.41, 5.74) is -0.327. The molecule has 82 valence electrons. The van der Waals surface area contributed by atoms with Crippen LogP contribution in [0.2, 0.25) is 0 Å².